The minimum Gasteiger partial charge on any atom is -0.493 e. The van der Waals surface area contributed by atoms with Crippen molar-refractivity contribution < 1.29 is 14.2 Å². The van der Waals surface area contributed by atoms with Gasteiger partial charge in [-0.1, -0.05) is 18.1 Å². The van der Waals surface area contributed by atoms with Gasteiger partial charge >= 0.3 is 0 Å². The SMILES string of the molecule is C#CCOc1ccccc1/C=N\NC(=S)Nc1ccc(OC)c(OC)c1. The number of nitrogens with one attached hydrogen (secondary N) is 2. The highest BCUT2D eigenvalue weighted by molar-refractivity contribution is 7.80. The highest BCUT2D eigenvalue weighted by atomic mass is 32.1. The molecule has 2 aromatic rings. The number of ether oxygens (including phenoxy) is 3. The molecule has 26 heavy (non-hydrogen) atoms. The lowest BCUT2D eigenvalue weighted by molar-refractivity contribution is 0.355. The van der Waals surface area contributed by atoms with E-state index >= 15 is 0 Å². The minimum atomic E-state index is 0.192. The number of hydrogen-bond donors (Lipinski definition) is 2. The largest absolute Gasteiger partial charge is 0.493 e. The van der Waals surface area contributed by atoms with Crippen LogP contribution in [0.25, 0.3) is 0 Å². The molecular weight excluding hydrogens is 350 g/mol. The Labute approximate surface area is 158 Å². The summed E-state index contributed by atoms with van der Waals surface area (Å²) in [6.45, 7) is 0.192. The molecule has 0 fully saturated rings. The lowest BCUT2D eigenvalue weighted by atomic mass is 10.2. The van der Waals surface area contributed by atoms with Gasteiger partial charge in [0.25, 0.3) is 0 Å². The molecule has 0 amide bonds. The molecule has 134 valence electrons. The summed E-state index contributed by atoms with van der Waals surface area (Å²) >= 11 is 5.23. The maximum atomic E-state index is 5.46. The third-order valence-electron chi connectivity index (χ3n) is 3.24. The van der Waals surface area contributed by atoms with Gasteiger partial charge in [-0.2, -0.15) is 5.10 Å². The zero-order valence-corrected chi connectivity index (χ0v) is 15.3. The van der Waals surface area contributed by atoms with Crippen molar-refractivity contribution in [2.75, 3.05) is 26.1 Å². The van der Waals surface area contributed by atoms with Crippen LogP contribution in [-0.2, 0) is 0 Å². The molecule has 0 aliphatic heterocycles. The van der Waals surface area contributed by atoms with Crippen LogP contribution in [0, 0.1) is 12.3 Å². The molecule has 0 aliphatic carbocycles. The molecule has 2 aromatic carbocycles. The van der Waals surface area contributed by atoms with Crippen LogP contribution >= 0.6 is 12.2 Å². The average Bonchev–Trinajstić information content (AvgIpc) is 2.67. The van der Waals surface area contributed by atoms with Gasteiger partial charge in [0.2, 0.25) is 0 Å². The van der Waals surface area contributed by atoms with Crippen LogP contribution in [0.1, 0.15) is 5.56 Å². The van der Waals surface area contributed by atoms with Gasteiger partial charge in [-0.15, -0.1) is 6.42 Å². The van der Waals surface area contributed by atoms with Crippen LogP contribution in [0.4, 0.5) is 5.69 Å². The fraction of sp³-hybridized carbons (Fsp3) is 0.158. The maximum absolute atomic E-state index is 5.46. The Hall–Kier alpha value is -3.24. The fourth-order valence-corrected chi connectivity index (χ4v) is 2.24. The van der Waals surface area contributed by atoms with E-state index in [1.807, 2.05) is 30.3 Å². The molecular formula is C19H19N3O3S. The van der Waals surface area contributed by atoms with Gasteiger partial charge in [-0.05, 0) is 36.5 Å². The highest BCUT2D eigenvalue weighted by Gasteiger charge is 2.05. The van der Waals surface area contributed by atoms with Gasteiger partial charge in [0.1, 0.15) is 12.4 Å². The molecule has 0 saturated carbocycles. The molecule has 0 aromatic heterocycles. The third-order valence-corrected chi connectivity index (χ3v) is 3.43. The molecule has 0 saturated heterocycles. The van der Waals surface area contributed by atoms with Crippen molar-refractivity contribution in [1.29, 1.82) is 0 Å². The van der Waals surface area contributed by atoms with Crippen molar-refractivity contribution in [2.45, 2.75) is 0 Å². The van der Waals surface area contributed by atoms with E-state index in [2.05, 4.69) is 21.8 Å². The van der Waals surface area contributed by atoms with Crippen molar-refractivity contribution in [3.63, 3.8) is 0 Å². The van der Waals surface area contributed by atoms with E-state index in [1.54, 1.807) is 32.6 Å². The normalized spacial score (nSPS) is 10.0. The first-order chi connectivity index (χ1) is 12.7. The van der Waals surface area contributed by atoms with Gasteiger partial charge in [0.05, 0.1) is 20.4 Å². The number of nitrogens with zero attached hydrogens (tertiary/aromatic N) is 1. The fourth-order valence-electron chi connectivity index (χ4n) is 2.07. The van der Waals surface area contributed by atoms with E-state index < -0.39 is 0 Å². The Morgan fingerprint density at radius 1 is 1.15 bits per heavy atom. The molecule has 0 spiro atoms. The van der Waals surface area contributed by atoms with Crippen molar-refractivity contribution in [3.8, 4) is 29.6 Å². The van der Waals surface area contributed by atoms with E-state index in [0.29, 0.717) is 22.4 Å². The molecule has 2 rings (SSSR count). The standard InChI is InChI=1S/C19H19N3O3S/c1-4-11-25-16-8-6-5-7-14(16)13-20-22-19(26)21-15-9-10-17(23-2)18(12-15)24-3/h1,5-10,12-13H,11H2,2-3H3,(H2,21,22,26)/b20-13-. The summed E-state index contributed by atoms with van der Waals surface area (Å²) < 4.78 is 15.9. The summed E-state index contributed by atoms with van der Waals surface area (Å²) in [5.74, 6) is 4.32. The van der Waals surface area contributed by atoms with Gasteiger partial charge in [-0.25, -0.2) is 0 Å². The van der Waals surface area contributed by atoms with E-state index in [1.165, 1.54) is 0 Å². The number of rotatable bonds is 7. The van der Waals surface area contributed by atoms with E-state index in [9.17, 15) is 0 Å². The lowest BCUT2D eigenvalue weighted by Crippen LogP contribution is -2.23. The van der Waals surface area contributed by atoms with Crippen LogP contribution in [-0.4, -0.2) is 32.2 Å². The molecule has 0 aliphatic rings. The Bertz CT molecular complexity index is 831. The Kier molecular flexibility index (Phi) is 7.28. The monoisotopic (exact) mass is 369 g/mol. The second-order valence-corrected chi connectivity index (χ2v) is 5.33. The number of para-hydroxylation sites is 1. The Balaban J connectivity index is 1.97. The van der Waals surface area contributed by atoms with Crippen LogP contribution < -0.4 is 25.0 Å². The molecule has 0 heterocycles. The Morgan fingerprint density at radius 3 is 2.65 bits per heavy atom. The van der Waals surface area contributed by atoms with Crippen molar-refractivity contribution in [3.05, 3.63) is 48.0 Å². The maximum Gasteiger partial charge on any atom is 0.191 e. The van der Waals surface area contributed by atoms with E-state index in [-0.39, 0.29) is 6.61 Å². The number of thiocarbonyl (C=S) groups is 1. The predicted octanol–water partition coefficient (Wildman–Crippen LogP) is 3.04. The number of benzene rings is 2. The first-order valence-corrected chi connectivity index (χ1v) is 8.06. The summed E-state index contributed by atoms with van der Waals surface area (Å²) in [7, 11) is 3.15. The molecule has 2 N–H and O–H groups in total. The quantitative estimate of drug-likeness (QED) is 0.339. The zero-order valence-electron chi connectivity index (χ0n) is 14.5. The van der Waals surface area contributed by atoms with Crippen LogP contribution in [0.3, 0.4) is 0 Å². The van der Waals surface area contributed by atoms with Crippen molar-refractivity contribution in [1.82, 2.24) is 5.43 Å². The third kappa shape index (κ3) is 5.40. The smallest absolute Gasteiger partial charge is 0.191 e. The van der Waals surface area contributed by atoms with Gasteiger partial charge in [0, 0.05) is 17.3 Å². The van der Waals surface area contributed by atoms with Crippen LogP contribution in [0.5, 0.6) is 17.2 Å². The second kappa shape index (κ2) is 9.91. The molecule has 0 unspecified atom stereocenters. The Morgan fingerprint density at radius 2 is 1.92 bits per heavy atom. The topological polar surface area (TPSA) is 64.1 Å². The van der Waals surface area contributed by atoms with Crippen LogP contribution in [0.15, 0.2) is 47.6 Å². The van der Waals surface area contributed by atoms with Crippen LogP contribution in [0.2, 0.25) is 0 Å². The summed E-state index contributed by atoms with van der Waals surface area (Å²) in [5, 5.41) is 7.46. The molecule has 6 nitrogen and oxygen atoms in total. The lowest BCUT2D eigenvalue weighted by Gasteiger charge is -2.11. The van der Waals surface area contributed by atoms with Gasteiger partial charge in [-0.3, -0.25) is 5.43 Å². The first-order valence-electron chi connectivity index (χ1n) is 7.65. The molecule has 0 atom stereocenters. The minimum absolute atomic E-state index is 0.192. The summed E-state index contributed by atoms with van der Waals surface area (Å²) in [4.78, 5) is 0. The average molecular weight is 369 g/mol. The predicted molar refractivity (Wildman–Crippen MR) is 107 cm³/mol. The number of methoxy groups -OCH3 is 2. The van der Waals surface area contributed by atoms with Gasteiger partial charge in [0.15, 0.2) is 16.6 Å². The van der Waals surface area contributed by atoms with Crippen molar-refractivity contribution >= 4 is 29.2 Å². The number of hydrazone groups is 1. The van der Waals surface area contributed by atoms with E-state index in [4.69, 9.17) is 32.9 Å². The number of anilines is 1. The van der Waals surface area contributed by atoms with E-state index in [0.717, 1.165) is 11.3 Å². The number of terminal acetylenes is 1. The zero-order chi connectivity index (χ0) is 18.8. The summed E-state index contributed by atoms with van der Waals surface area (Å²) in [6.07, 6.45) is 6.82. The molecule has 0 bridgehead atoms. The van der Waals surface area contributed by atoms with Crippen molar-refractivity contribution in [2.24, 2.45) is 5.10 Å². The molecule has 0 radical (unpaired) electrons. The second-order valence-electron chi connectivity index (χ2n) is 4.92. The highest BCUT2D eigenvalue weighted by Crippen LogP contribution is 2.29. The summed E-state index contributed by atoms with van der Waals surface area (Å²) in [5.41, 5.74) is 4.28. The first kappa shape index (κ1) is 19.1. The molecule has 7 heteroatoms. The number of hydrogen-bond acceptors (Lipinski definition) is 5. The summed E-state index contributed by atoms with van der Waals surface area (Å²) in [6, 6.07) is 12.8. The van der Waals surface area contributed by atoms with Gasteiger partial charge < -0.3 is 19.5 Å².